The number of nitrogens with one attached hydrogen (secondary N) is 1. The molecule has 0 bridgehead atoms. The predicted molar refractivity (Wildman–Crippen MR) is 99.5 cm³/mol. The van der Waals surface area contributed by atoms with Gasteiger partial charge in [-0.3, -0.25) is 14.4 Å². The van der Waals surface area contributed by atoms with Gasteiger partial charge in [-0.2, -0.15) is 0 Å². The Kier molecular flexibility index (Phi) is 6.45. The summed E-state index contributed by atoms with van der Waals surface area (Å²) in [5, 5.41) is 11.9. The zero-order valence-corrected chi connectivity index (χ0v) is 15.4. The maximum absolute atomic E-state index is 12.6. The molecule has 0 saturated carbocycles. The zero-order valence-electron chi connectivity index (χ0n) is 15.4. The van der Waals surface area contributed by atoms with Crippen LogP contribution >= 0.6 is 0 Å². The van der Waals surface area contributed by atoms with Crippen molar-refractivity contribution in [2.45, 2.75) is 32.1 Å². The molecule has 2 fully saturated rings. The Morgan fingerprint density at radius 2 is 1.67 bits per heavy atom. The van der Waals surface area contributed by atoms with E-state index in [1.807, 2.05) is 0 Å². The van der Waals surface area contributed by atoms with Crippen LogP contribution in [0.3, 0.4) is 0 Å². The molecule has 0 radical (unpaired) electrons. The molecule has 7 nitrogen and oxygen atoms in total. The fourth-order valence-electron chi connectivity index (χ4n) is 3.63. The third-order valence-corrected chi connectivity index (χ3v) is 5.36. The maximum atomic E-state index is 12.6. The van der Waals surface area contributed by atoms with Crippen LogP contribution in [0.4, 0.5) is 5.69 Å². The Bertz CT molecular complexity index is 674. The number of amides is 2. The summed E-state index contributed by atoms with van der Waals surface area (Å²) in [4.78, 5) is 37.4. The van der Waals surface area contributed by atoms with Crippen molar-refractivity contribution in [3.63, 3.8) is 0 Å². The molecule has 2 saturated heterocycles. The molecule has 0 atom stereocenters. The third kappa shape index (κ3) is 5.29. The number of rotatable bonds is 5. The number of piperidine rings is 1. The van der Waals surface area contributed by atoms with Gasteiger partial charge in [0.2, 0.25) is 5.91 Å². The first-order valence-corrected chi connectivity index (χ1v) is 9.52. The van der Waals surface area contributed by atoms with Crippen molar-refractivity contribution < 1.29 is 24.2 Å². The lowest BCUT2D eigenvalue weighted by Gasteiger charge is -2.30. The largest absolute Gasteiger partial charge is 0.481 e. The van der Waals surface area contributed by atoms with E-state index in [1.54, 1.807) is 29.2 Å². The van der Waals surface area contributed by atoms with Crippen molar-refractivity contribution in [3.05, 3.63) is 29.8 Å². The SMILES string of the molecule is O=C(CC1CCOCC1)Nc1ccc(C(=O)N2CCC(C(=O)O)CC2)cc1. The number of nitrogens with zero attached hydrogens (tertiary/aromatic N) is 1. The maximum Gasteiger partial charge on any atom is 0.306 e. The smallest absolute Gasteiger partial charge is 0.306 e. The van der Waals surface area contributed by atoms with Crippen LogP contribution in [0.5, 0.6) is 0 Å². The highest BCUT2D eigenvalue weighted by atomic mass is 16.5. The number of aliphatic carboxylic acids is 1. The van der Waals surface area contributed by atoms with Gasteiger partial charge in [0.1, 0.15) is 0 Å². The minimum absolute atomic E-state index is 0.0169. The minimum atomic E-state index is -0.789. The van der Waals surface area contributed by atoms with Gasteiger partial charge in [-0.25, -0.2) is 0 Å². The molecule has 1 aromatic rings. The molecule has 2 heterocycles. The predicted octanol–water partition coefficient (Wildman–Crippen LogP) is 2.38. The number of benzene rings is 1. The number of carboxylic acid groups (broad SMARTS) is 1. The molecule has 2 aliphatic heterocycles. The molecule has 7 heteroatoms. The van der Waals surface area contributed by atoms with Crippen molar-refractivity contribution in [2.24, 2.45) is 11.8 Å². The first-order chi connectivity index (χ1) is 13.0. The zero-order chi connectivity index (χ0) is 19.2. The molecule has 2 N–H and O–H groups in total. The molecule has 27 heavy (non-hydrogen) atoms. The van der Waals surface area contributed by atoms with Crippen LogP contribution in [0.25, 0.3) is 0 Å². The van der Waals surface area contributed by atoms with E-state index in [0.717, 1.165) is 26.1 Å². The number of likely N-dealkylation sites (tertiary alicyclic amines) is 1. The van der Waals surface area contributed by atoms with E-state index in [9.17, 15) is 14.4 Å². The number of ether oxygens (including phenoxy) is 1. The number of anilines is 1. The summed E-state index contributed by atoms with van der Waals surface area (Å²) < 4.78 is 5.31. The normalized spacial score (nSPS) is 18.9. The standard InChI is InChI=1S/C20H26N2O5/c23-18(13-14-7-11-27-12-8-14)21-17-3-1-15(2-4-17)19(24)22-9-5-16(6-10-22)20(25)26/h1-4,14,16H,5-13H2,(H,21,23)(H,25,26). The Labute approximate surface area is 158 Å². The summed E-state index contributed by atoms with van der Waals surface area (Å²) in [5.41, 5.74) is 1.22. The summed E-state index contributed by atoms with van der Waals surface area (Å²) >= 11 is 0. The number of carboxylic acids is 1. The molecule has 1 aromatic carbocycles. The van der Waals surface area contributed by atoms with E-state index in [0.29, 0.717) is 49.5 Å². The molecule has 146 valence electrons. The molecular formula is C20H26N2O5. The fraction of sp³-hybridized carbons (Fsp3) is 0.550. The van der Waals surface area contributed by atoms with Crippen LogP contribution in [0.2, 0.25) is 0 Å². The number of carbonyl (C=O) groups excluding carboxylic acids is 2. The topological polar surface area (TPSA) is 95.9 Å². The molecule has 2 aliphatic rings. The molecule has 0 aliphatic carbocycles. The van der Waals surface area contributed by atoms with Crippen LogP contribution in [0, 0.1) is 11.8 Å². The quantitative estimate of drug-likeness (QED) is 0.825. The Hall–Kier alpha value is -2.41. The molecular weight excluding hydrogens is 348 g/mol. The lowest BCUT2D eigenvalue weighted by Crippen LogP contribution is -2.40. The van der Waals surface area contributed by atoms with E-state index in [1.165, 1.54) is 0 Å². The average molecular weight is 374 g/mol. The van der Waals surface area contributed by atoms with Crippen LogP contribution in [-0.2, 0) is 14.3 Å². The summed E-state index contributed by atoms with van der Waals surface area (Å²) in [5.74, 6) is -0.894. The monoisotopic (exact) mass is 374 g/mol. The van der Waals surface area contributed by atoms with E-state index in [-0.39, 0.29) is 17.7 Å². The molecule has 0 unspecified atom stereocenters. The summed E-state index contributed by atoms with van der Waals surface area (Å²) in [6.45, 7) is 2.36. The molecule has 2 amide bonds. The van der Waals surface area contributed by atoms with Crippen molar-refractivity contribution in [1.82, 2.24) is 4.90 Å². The van der Waals surface area contributed by atoms with Crippen molar-refractivity contribution >= 4 is 23.5 Å². The number of hydrogen-bond donors (Lipinski definition) is 2. The second-order valence-electron chi connectivity index (χ2n) is 7.29. The third-order valence-electron chi connectivity index (χ3n) is 5.36. The number of carbonyl (C=O) groups is 3. The lowest BCUT2D eigenvalue weighted by atomic mass is 9.96. The highest BCUT2D eigenvalue weighted by Crippen LogP contribution is 2.21. The summed E-state index contributed by atoms with van der Waals surface area (Å²) in [7, 11) is 0. The van der Waals surface area contributed by atoms with E-state index >= 15 is 0 Å². The van der Waals surface area contributed by atoms with Gasteiger partial charge < -0.3 is 20.1 Å². The highest BCUT2D eigenvalue weighted by Gasteiger charge is 2.27. The van der Waals surface area contributed by atoms with Crippen LogP contribution in [0.1, 0.15) is 42.5 Å². The van der Waals surface area contributed by atoms with Crippen molar-refractivity contribution in [2.75, 3.05) is 31.6 Å². The Morgan fingerprint density at radius 1 is 1.04 bits per heavy atom. The van der Waals surface area contributed by atoms with Crippen molar-refractivity contribution in [3.8, 4) is 0 Å². The summed E-state index contributed by atoms with van der Waals surface area (Å²) in [6, 6.07) is 6.88. The highest BCUT2D eigenvalue weighted by molar-refractivity contribution is 5.96. The van der Waals surface area contributed by atoms with E-state index in [2.05, 4.69) is 5.32 Å². The molecule has 0 spiro atoms. The summed E-state index contributed by atoms with van der Waals surface area (Å²) in [6.07, 6.45) is 3.30. The minimum Gasteiger partial charge on any atom is -0.481 e. The van der Waals surface area contributed by atoms with Gasteiger partial charge >= 0.3 is 5.97 Å². The second kappa shape index (κ2) is 8.99. The van der Waals surface area contributed by atoms with Crippen LogP contribution < -0.4 is 5.32 Å². The van der Waals surface area contributed by atoms with E-state index in [4.69, 9.17) is 9.84 Å². The van der Waals surface area contributed by atoms with Gasteiger partial charge in [0.25, 0.3) is 5.91 Å². The van der Waals surface area contributed by atoms with Gasteiger partial charge in [-0.05, 0) is 55.9 Å². The first-order valence-electron chi connectivity index (χ1n) is 9.52. The van der Waals surface area contributed by atoms with Gasteiger partial charge in [0.15, 0.2) is 0 Å². The van der Waals surface area contributed by atoms with Crippen molar-refractivity contribution in [1.29, 1.82) is 0 Å². The van der Waals surface area contributed by atoms with Gasteiger partial charge in [-0.1, -0.05) is 0 Å². The Morgan fingerprint density at radius 3 is 2.26 bits per heavy atom. The lowest BCUT2D eigenvalue weighted by molar-refractivity contribution is -0.143. The van der Waals surface area contributed by atoms with E-state index < -0.39 is 5.97 Å². The fourth-order valence-corrected chi connectivity index (χ4v) is 3.63. The van der Waals surface area contributed by atoms with Gasteiger partial charge in [0, 0.05) is 44.0 Å². The van der Waals surface area contributed by atoms with Gasteiger partial charge in [-0.15, -0.1) is 0 Å². The average Bonchev–Trinajstić information content (AvgIpc) is 2.69. The van der Waals surface area contributed by atoms with Crippen LogP contribution in [-0.4, -0.2) is 54.1 Å². The molecule has 3 rings (SSSR count). The second-order valence-corrected chi connectivity index (χ2v) is 7.29. The molecule has 0 aromatic heterocycles. The van der Waals surface area contributed by atoms with Gasteiger partial charge in [0.05, 0.1) is 5.92 Å². The first kappa shape index (κ1) is 19.4. The van der Waals surface area contributed by atoms with Crippen LogP contribution in [0.15, 0.2) is 24.3 Å². The Balaban J connectivity index is 1.50. The number of hydrogen-bond acceptors (Lipinski definition) is 4.